The highest BCUT2D eigenvalue weighted by Gasteiger charge is 2.19. The van der Waals surface area contributed by atoms with Crippen LogP contribution in [0, 0.1) is 0 Å². The maximum atomic E-state index is 12.4. The Morgan fingerprint density at radius 1 is 1.32 bits per heavy atom. The molecule has 25 heavy (non-hydrogen) atoms. The summed E-state index contributed by atoms with van der Waals surface area (Å²) in [6, 6.07) is 6.62. The molecule has 0 aliphatic rings. The lowest BCUT2D eigenvalue weighted by Crippen LogP contribution is -2.25. The van der Waals surface area contributed by atoms with Gasteiger partial charge in [-0.25, -0.2) is 4.98 Å². The third-order valence-electron chi connectivity index (χ3n) is 3.43. The van der Waals surface area contributed by atoms with E-state index in [0.717, 1.165) is 0 Å². The van der Waals surface area contributed by atoms with Gasteiger partial charge in [-0.15, -0.1) is 11.3 Å². The van der Waals surface area contributed by atoms with Gasteiger partial charge in [0.25, 0.3) is 5.56 Å². The molecule has 2 aromatic heterocycles. The van der Waals surface area contributed by atoms with Crippen molar-refractivity contribution in [2.24, 2.45) is 7.05 Å². The fraction of sp³-hybridized carbons (Fsp3) is 0.188. The molecule has 3 aromatic rings. The van der Waals surface area contributed by atoms with E-state index >= 15 is 0 Å². The molecule has 0 fully saturated rings. The zero-order valence-electron chi connectivity index (χ0n) is 13.2. The Bertz CT molecular complexity index is 996. The van der Waals surface area contributed by atoms with Crippen molar-refractivity contribution in [1.82, 2.24) is 9.55 Å². The molecular formula is C16H13Cl2N3O2S2. The van der Waals surface area contributed by atoms with Crippen LogP contribution in [0.15, 0.2) is 39.6 Å². The SMILES string of the molecule is C[C@H](Sc1nc2ccsc2c(=O)n1C)C(=O)Nc1cc(Cl)cc(Cl)c1. The lowest BCUT2D eigenvalue weighted by Gasteiger charge is -2.14. The Kier molecular flexibility index (Phi) is 5.38. The second-order valence-electron chi connectivity index (χ2n) is 5.30. The van der Waals surface area contributed by atoms with Crippen molar-refractivity contribution in [1.29, 1.82) is 0 Å². The number of hydrogen-bond donors (Lipinski definition) is 1. The Morgan fingerprint density at radius 3 is 2.68 bits per heavy atom. The molecule has 0 radical (unpaired) electrons. The van der Waals surface area contributed by atoms with Gasteiger partial charge in [-0.1, -0.05) is 35.0 Å². The maximum Gasteiger partial charge on any atom is 0.271 e. The number of amides is 1. The molecule has 1 aromatic carbocycles. The van der Waals surface area contributed by atoms with Crippen molar-refractivity contribution in [2.45, 2.75) is 17.3 Å². The number of fused-ring (bicyclic) bond motifs is 1. The molecule has 0 saturated carbocycles. The summed E-state index contributed by atoms with van der Waals surface area (Å²) in [5.74, 6) is -0.233. The summed E-state index contributed by atoms with van der Waals surface area (Å²) in [5.41, 5.74) is 1.05. The van der Waals surface area contributed by atoms with Gasteiger partial charge in [0.05, 0.1) is 10.8 Å². The minimum Gasteiger partial charge on any atom is -0.325 e. The molecule has 3 rings (SSSR count). The first-order valence-corrected chi connectivity index (χ1v) is 9.74. The molecule has 0 saturated heterocycles. The Balaban J connectivity index is 1.79. The monoisotopic (exact) mass is 413 g/mol. The van der Waals surface area contributed by atoms with Crippen LogP contribution in [0.5, 0.6) is 0 Å². The second-order valence-corrected chi connectivity index (χ2v) is 8.40. The predicted molar refractivity (Wildman–Crippen MR) is 105 cm³/mol. The maximum absolute atomic E-state index is 12.4. The molecule has 2 heterocycles. The molecule has 1 atom stereocenters. The van der Waals surface area contributed by atoms with Crippen molar-refractivity contribution < 1.29 is 4.79 Å². The number of carbonyl (C=O) groups is 1. The summed E-state index contributed by atoms with van der Waals surface area (Å²) >= 11 is 14.4. The molecule has 1 N–H and O–H groups in total. The third kappa shape index (κ3) is 4.00. The van der Waals surface area contributed by atoms with Crippen molar-refractivity contribution >= 4 is 68.1 Å². The minimum atomic E-state index is -0.466. The first-order valence-electron chi connectivity index (χ1n) is 7.23. The second kappa shape index (κ2) is 7.37. The lowest BCUT2D eigenvalue weighted by atomic mass is 10.3. The smallest absolute Gasteiger partial charge is 0.271 e. The van der Waals surface area contributed by atoms with E-state index in [1.807, 2.05) is 5.38 Å². The molecule has 5 nitrogen and oxygen atoms in total. The number of nitrogens with zero attached hydrogens (tertiary/aromatic N) is 2. The van der Waals surface area contributed by atoms with Crippen molar-refractivity contribution in [2.75, 3.05) is 5.32 Å². The summed E-state index contributed by atoms with van der Waals surface area (Å²) < 4.78 is 2.07. The molecule has 0 aliphatic heterocycles. The number of benzene rings is 1. The molecule has 130 valence electrons. The molecule has 0 bridgehead atoms. The number of nitrogens with one attached hydrogen (secondary N) is 1. The van der Waals surface area contributed by atoms with E-state index in [1.165, 1.54) is 27.7 Å². The Labute approximate surface area is 162 Å². The van der Waals surface area contributed by atoms with Crippen LogP contribution in [0.1, 0.15) is 6.92 Å². The zero-order valence-corrected chi connectivity index (χ0v) is 16.4. The van der Waals surface area contributed by atoms with Crippen LogP contribution in [0.2, 0.25) is 10.0 Å². The largest absolute Gasteiger partial charge is 0.325 e. The van der Waals surface area contributed by atoms with Gasteiger partial charge in [0.2, 0.25) is 5.91 Å². The third-order valence-corrected chi connectivity index (χ3v) is 5.90. The van der Waals surface area contributed by atoms with Gasteiger partial charge in [-0.2, -0.15) is 0 Å². The first-order chi connectivity index (χ1) is 11.8. The van der Waals surface area contributed by atoms with Gasteiger partial charge >= 0.3 is 0 Å². The fourth-order valence-corrected chi connectivity index (χ4v) is 4.36. The van der Waals surface area contributed by atoms with Gasteiger partial charge in [0.15, 0.2) is 5.16 Å². The first kappa shape index (κ1) is 18.3. The number of thiophene rings is 1. The van der Waals surface area contributed by atoms with Crippen LogP contribution < -0.4 is 10.9 Å². The van der Waals surface area contributed by atoms with E-state index in [-0.39, 0.29) is 11.5 Å². The number of rotatable bonds is 4. The molecule has 1 amide bonds. The number of anilines is 1. The van der Waals surface area contributed by atoms with Crippen LogP contribution in [0.4, 0.5) is 5.69 Å². The van der Waals surface area contributed by atoms with Gasteiger partial charge in [-0.3, -0.25) is 14.2 Å². The van der Waals surface area contributed by atoms with Crippen molar-refractivity contribution in [3.05, 3.63) is 50.0 Å². The van der Waals surface area contributed by atoms with Gasteiger partial charge in [0.1, 0.15) is 4.70 Å². The van der Waals surface area contributed by atoms with Crippen LogP contribution in [-0.2, 0) is 11.8 Å². The number of thioether (sulfide) groups is 1. The lowest BCUT2D eigenvalue weighted by molar-refractivity contribution is -0.115. The number of halogens is 2. The van der Waals surface area contributed by atoms with Gasteiger partial charge in [-0.05, 0) is 36.6 Å². The summed E-state index contributed by atoms with van der Waals surface area (Å²) in [6.07, 6.45) is 0. The van der Waals surface area contributed by atoms with Crippen molar-refractivity contribution in [3.8, 4) is 0 Å². The van der Waals surface area contributed by atoms with E-state index in [9.17, 15) is 9.59 Å². The van der Waals surface area contributed by atoms with Crippen LogP contribution in [0.3, 0.4) is 0 Å². The fourth-order valence-electron chi connectivity index (χ4n) is 2.15. The number of hydrogen-bond acceptors (Lipinski definition) is 5. The predicted octanol–water partition coefficient (Wildman–Crippen LogP) is 4.42. The highest BCUT2D eigenvalue weighted by Crippen LogP contribution is 2.26. The van der Waals surface area contributed by atoms with Crippen LogP contribution >= 0.6 is 46.3 Å². The van der Waals surface area contributed by atoms with E-state index in [0.29, 0.717) is 31.1 Å². The van der Waals surface area contributed by atoms with E-state index < -0.39 is 5.25 Å². The molecule has 0 unspecified atom stereocenters. The van der Waals surface area contributed by atoms with Gasteiger partial charge < -0.3 is 5.32 Å². The van der Waals surface area contributed by atoms with Crippen LogP contribution in [0.25, 0.3) is 10.2 Å². The molecule has 0 spiro atoms. The summed E-state index contributed by atoms with van der Waals surface area (Å²) in [5, 5.41) is 5.50. The highest BCUT2D eigenvalue weighted by atomic mass is 35.5. The average Bonchev–Trinajstić information content (AvgIpc) is 2.99. The normalized spacial score (nSPS) is 12.3. The quantitative estimate of drug-likeness (QED) is 0.507. The van der Waals surface area contributed by atoms with E-state index in [1.54, 1.807) is 38.2 Å². The summed E-state index contributed by atoms with van der Waals surface area (Å²) in [7, 11) is 1.65. The van der Waals surface area contributed by atoms with Gasteiger partial charge in [0, 0.05) is 22.8 Å². The number of carbonyl (C=O) groups excluding carboxylic acids is 1. The highest BCUT2D eigenvalue weighted by molar-refractivity contribution is 8.00. The molecule has 9 heteroatoms. The summed E-state index contributed by atoms with van der Waals surface area (Å²) in [6.45, 7) is 1.75. The topological polar surface area (TPSA) is 64.0 Å². The van der Waals surface area contributed by atoms with E-state index in [2.05, 4.69) is 10.3 Å². The number of aromatic nitrogens is 2. The Morgan fingerprint density at radius 2 is 2.00 bits per heavy atom. The summed E-state index contributed by atoms with van der Waals surface area (Å²) in [4.78, 5) is 29.2. The standard InChI is InChI=1S/C16H13Cl2N3O2S2/c1-8(14(22)19-11-6-9(17)5-10(18)7-11)25-16-20-12-3-4-24-13(12)15(23)21(16)2/h3-8H,1-2H3,(H,19,22)/t8-/m0/s1. The van der Waals surface area contributed by atoms with E-state index in [4.69, 9.17) is 23.2 Å². The molecular weight excluding hydrogens is 401 g/mol. The average molecular weight is 414 g/mol. The minimum absolute atomic E-state index is 0.114. The Hall–Kier alpha value is -1.54. The van der Waals surface area contributed by atoms with Crippen LogP contribution in [-0.4, -0.2) is 20.7 Å². The molecule has 0 aliphatic carbocycles. The zero-order chi connectivity index (χ0) is 18.1. The van der Waals surface area contributed by atoms with Crippen molar-refractivity contribution in [3.63, 3.8) is 0 Å².